The van der Waals surface area contributed by atoms with Crippen LogP contribution in [0, 0.1) is 0 Å². The predicted octanol–water partition coefficient (Wildman–Crippen LogP) is 4.43. The number of hydrogen-bond acceptors (Lipinski definition) is 7. The van der Waals surface area contributed by atoms with Crippen molar-refractivity contribution in [3.8, 4) is 0 Å². The largest absolute Gasteiger partial charge is 0.462 e. The van der Waals surface area contributed by atoms with Crippen molar-refractivity contribution in [3.05, 3.63) is 45.1 Å². The normalized spacial score (nSPS) is 13.8. The minimum Gasteiger partial charge on any atom is -0.462 e. The van der Waals surface area contributed by atoms with E-state index in [0.29, 0.717) is 10.6 Å². The molecule has 0 aromatic carbocycles. The Balaban J connectivity index is 1.79. The maximum absolute atomic E-state index is 12.9. The van der Waals surface area contributed by atoms with Crippen molar-refractivity contribution in [1.29, 1.82) is 0 Å². The summed E-state index contributed by atoms with van der Waals surface area (Å²) >= 11 is 7.20. The number of rotatable bonds is 7. The number of aryl methyl sites for hydroxylation is 1. The standard InChI is InChI=1S/C21H23ClN2O5S/c1-3-14(29-20(26)12-9-10-23-16(22)11-12)18(25)24-19-17(21(27)28-4-2)13-7-5-6-8-15(13)30-19/h9-11,14H,3-8H2,1-2H3,(H,24,25). The lowest BCUT2D eigenvalue weighted by molar-refractivity contribution is -0.124. The Hall–Kier alpha value is -2.45. The number of anilines is 1. The van der Waals surface area contributed by atoms with Gasteiger partial charge in [-0.05, 0) is 56.7 Å². The van der Waals surface area contributed by atoms with E-state index < -0.39 is 23.9 Å². The number of ether oxygens (including phenoxy) is 2. The van der Waals surface area contributed by atoms with Crippen LogP contribution in [0.2, 0.25) is 5.15 Å². The van der Waals surface area contributed by atoms with Gasteiger partial charge in [0.25, 0.3) is 5.91 Å². The van der Waals surface area contributed by atoms with E-state index in [0.717, 1.165) is 36.1 Å². The molecule has 2 aromatic rings. The number of nitrogens with one attached hydrogen (secondary N) is 1. The summed E-state index contributed by atoms with van der Waals surface area (Å²) in [5.74, 6) is -1.60. The molecule has 0 spiro atoms. The van der Waals surface area contributed by atoms with E-state index in [-0.39, 0.29) is 23.7 Å². The molecule has 0 bridgehead atoms. The molecule has 2 heterocycles. The third-order valence-electron chi connectivity index (χ3n) is 4.76. The summed E-state index contributed by atoms with van der Waals surface area (Å²) in [6.45, 7) is 3.73. The van der Waals surface area contributed by atoms with Crippen LogP contribution in [0.3, 0.4) is 0 Å². The zero-order chi connectivity index (χ0) is 21.7. The van der Waals surface area contributed by atoms with Crippen LogP contribution in [0.5, 0.6) is 0 Å². The molecule has 9 heteroatoms. The van der Waals surface area contributed by atoms with Gasteiger partial charge in [-0.2, -0.15) is 0 Å². The number of halogens is 1. The van der Waals surface area contributed by atoms with Gasteiger partial charge in [-0.3, -0.25) is 4.79 Å². The lowest BCUT2D eigenvalue weighted by Crippen LogP contribution is -2.32. The maximum atomic E-state index is 12.9. The summed E-state index contributed by atoms with van der Waals surface area (Å²) < 4.78 is 10.6. The van der Waals surface area contributed by atoms with Gasteiger partial charge in [-0.25, -0.2) is 14.6 Å². The summed E-state index contributed by atoms with van der Waals surface area (Å²) in [7, 11) is 0. The highest BCUT2D eigenvalue weighted by molar-refractivity contribution is 7.17. The highest BCUT2D eigenvalue weighted by Crippen LogP contribution is 2.38. The Morgan fingerprint density at radius 1 is 1.23 bits per heavy atom. The van der Waals surface area contributed by atoms with Gasteiger partial charge in [-0.1, -0.05) is 18.5 Å². The van der Waals surface area contributed by atoms with E-state index in [1.54, 1.807) is 13.8 Å². The third kappa shape index (κ3) is 4.99. The highest BCUT2D eigenvalue weighted by Gasteiger charge is 2.29. The SMILES string of the molecule is CCOC(=O)c1c(NC(=O)C(CC)OC(=O)c2ccnc(Cl)c2)sc2c1CCCC2. The fraction of sp³-hybridized carbons (Fsp3) is 0.429. The molecule has 0 aliphatic heterocycles. The van der Waals surface area contributed by atoms with Crippen LogP contribution in [0.15, 0.2) is 18.3 Å². The van der Waals surface area contributed by atoms with Crippen LogP contribution < -0.4 is 5.32 Å². The van der Waals surface area contributed by atoms with Crippen LogP contribution in [-0.4, -0.2) is 35.5 Å². The number of aromatic nitrogens is 1. The van der Waals surface area contributed by atoms with Gasteiger partial charge in [0.1, 0.15) is 10.2 Å². The molecule has 30 heavy (non-hydrogen) atoms. The molecule has 1 aliphatic rings. The van der Waals surface area contributed by atoms with Crippen molar-refractivity contribution in [3.63, 3.8) is 0 Å². The molecule has 3 rings (SSSR count). The Labute approximate surface area is 183 Å². The fourth-order valence-electron chi connectivity index (χ4n) is 3.31. The molecule has 0 saturated heterocycles. The quantitative estimate of drug-likeness (QED) is 0.495. The van der Waals surface area contributed by atoms with Crippen LogP contribution in [0.4, 0.5) is 5.00 Å². The summed E-state index contributed by atoms with van der Waals surface area (Å²) in [5.41, 5.74) is 1.59. The van der Waals surface area contributed by atoms with Crippen molar-refractivity contribution in [1.82, 2.24) is 4.98 Å². The van der Waals surface area contributed by atoms with Crippen LogP contribution in [-0.2, 0) is 27.1 Å². The molecule has 1 aliphatic carbocycles. The van der Waals surface area contributed by atoms with Gasteiger partial charge >= 0.3 is 11.9 Å². The van der Waals surface area contributed by atoms with Gasteiger partial charge < -0.3 is 14.8 Å². The minimum atomic E-state index is -1.02. The number of esters is 2. The van der Waals surface area contributed by atoms with E-state index in [1.807, 2.05) is 0 Å². The summed E-state index contributed by atoms with van der Waals surface area (Å²) in [6.07, 6.45) is 4.35. The van der Waals surface area contributed by atoms with Crippen molar-refractivity contribution in [2.45, 2.75) is 52.1 Å². The first kappa shape index (κ1) is 22.2. The van der Waals surface area contributed by atoms with E-state index >= 15 is 0 Å². The van der Waals surface area contributed by atoms with E-state index in [1.165, 1.54) is 29.7 Å². The van der Waals surface area contributed by atoms with Crippen molar-refractivity contribution in [2.24, 2.45) is 0 Å². The summed E-state index contributed by atoms with van der Waals surface area (Å²) in [6, 6.07) is 2.84. The van der Waals surface area contributed by atoms with E-state index in [9.17, 15) is 14.4 Å². The van der Waals surface area contributed by atoms with E-state index in [2.05, 4.69) is 10.3 Å². The first-order valence-corrected chi connectivity index (χ1v) is 11.1. The molecule has 1 atom stereocenters. The molecule has 0 saturated carbocycles. The Bertz CT molecular complexity index is 959. The molecule has 160 valence electrons. The lowest BCUT2D eigenvalue weighted by Gasteiger charge is -2.16. The highest BCUT2D eigenvalue weighted by atomic mass is 35.5. The zero-order valence-corrected chi connectivity index (χ0v) is 18.4. The molecule has 1 N–H and O–H groups in total. The monoisotopic (exact) mass is 450 g/mol. The number of thiophene rings is 1. The number of amides is 1. The Morgan fingerprint density at radius 2 is 2.00 bits per heavy atom. The molecule has 0 radical (unpaired) electrons. The van der Waals surface area contributed by atoms with Gasteiger partial charge in [0, 0.05) is 11.1 Å². The smallest absolute Gasteiger partial charge is 0.341 e. The molecule has 7 nitrogen and oxygen atoms in total. The fourth-order valence-corrected chi connectivity index (χ4v) is 4.77. The Morgan fingerprint density at radius 3 is 2.70 bits per heavy atom. The average Bonchev–Trinajstić information content (AvgIpc) is 3.09. The summed E-state index contributed by atoms with van der Waals surface area (Å²) in [4.78, 5) is 42.7. The molecule has 0 fully saturated rings. The Kier molecular flexibility index (Phi) is 7.44. The summed E-state index contributed by atoms with van der Waals surface area (Å²) in [5, 5.41) is 3.40. The second kappa shape index (κ2) is 10.0. The van der Waals surface area contributed by atoms with Gasteiger partial charge in [-0.15, -0.1) is 11.3 Å². The second-order valence-corrected chi connectivity index (χ2v) is 8.29. The molecular weight excluding hydrogens is 428 g/mol. The van der Waals surface area contributed by atoms with Crippen LogP contribution in [0.1, 0.15) is 64.3 Å². The number of carbonyl (C=O) groups excluding carboxylic acids is 3. The van der Waals surface area contributed by atoms with Crippen molar-refractivity contribution >= 4 is 45.8 Å². The first-order valence-electron chi connectivity index (χ1n) is 9.89. The number of fused-ring (bicyclic) bond motifs is 1. The topological polar surface area (TPSA) is 94.6 Å². The first-order chi connectivity index (χ1) is 14.4. The number of nitrogens with zero attached hydrogens (tertiary/aromatic N) is 1. The van der Waals surface area contributed by atoms with Gasteiger partial charge in [0.2, 0.25) is 0 Å². The second-order valence-electron chi connectivity index (χ2n) is 6.79. The zero-order valence-electron chi connectivity index (χ0n) is 16.8. The third-order valence-corrected chi connectivity index (χ3v) is 6.18. The molecule has 2 aromatic heterocycles. The molecule has 1 unspecified atom stereocenters. The van der Waals surface area contributed by atoms with Crippen LogP contribution in [0.25, 0.3) is 0 Å². The number of hydrogen-bond donors (Lipinski definition) is 1. The number of carbonyl (C=O) groups is 3. The average molecular weight is 451 g/mol. The van der Waals surface area contributed by atoms with Crippen molar-refractivity contribution in [2.75, 3.05) is 11.9 Å². The minimum absolute atomic E-state index is 0.158. The maximum Gasteiger partial charge on any atom is 0.341 e. The molecular formula is C21H23ClN2O5S. The predicted molar refractivity (Wildman–Crippen MR) is 114 cm³/mol. The van der Waals surface area contributed by atoms with Gasteiger partial charge in [0.15, 0.2) is 6.10 Å². The number of pyridine rings is 1. The van der Waals surface area contributed by atoms with Crippen molar-refractivity contribution < 1.29 is 23.9 Å². The van der Waals surface area contributed by atoms with E-state index in [4.69, 9.17) is 21.1 Å². The molecule has 1 amide bonds. The van der Waals surface area contributed by atoms with Crippen LogP contribution >= 0.6 is 22.9 Å². The lowest BCUT2D eigenvalue weighted by atomic mass is 9.95. The van der Waals surface area contributed by atoms with Gasteiger partial charge in [0.05, 0.1) is 17.7 Å².